The molecule has 0 aromatic heterocycles. The average Bonchev–Trinajstić information content (AvgIpc) is 2.50. The zero-order valence-corrected chi connectivity index (χ0v) is 14.7. The van der Waals surface area contributed by atoms with Gasteiger partial charge in [-0.25, -0.2) is 4.39 Å². The number of carboxylic acids is 1. The fraction of sp³-hybridized carbons (Fsp3) is 0.421. The molecule has 1 aromatic carbocycles. The highest BCUT2D eigenvalue weighted by molar-refractivity contribution is 5.81. The molecule has 142 valence electrons. The molecule has 1 aromatic rings. The first-order chi connectivity index (χ1) is 11.9. The minimum absolute atomic E-state index is 0.0958. The summed E-state index contributed by atoms with van der Waals surface area (Å²) >= 11 is 0. The van der Waals surface area contributed by atoms with Gasteiger partial charge >= 0.3 is 12.1 Å². The van der Waals surface area contributed by atoms with Crippen molar-refractivity contribution >= 4 is 11.5 Å². The van der Waals surface area contributed by atoms with Crippen LogP contribution in [0.4, 0.5) is 17.6 Å². The summed E-state index contributed by atoms with van der Waals surface area (Å²) in [5.41, 5.74) is 3.56. The van der Waals surface area contributed by atoms with Gasteiger partial charge in [0.2, 0.25) is 5.67 Å². The third-order valence-electron chi connectivity index (χ3n) is 4.94. The van der Waals surface area contributed by atoms with E-state index in [-0.39, 0.29) is 5.57 Å². The Morgan fingerprint density at radius 3 is 2.35 bits per heavy atom. The highest BCUT2D eigenvalue weighted by Gasteiger charge is 2.64. The summed E-state index contributed by atoms with van der Waals surface area (Å²) in [6.07, 6.45) is -4.79. The molecule has 0 amide bonds. The lowest BCUT2D eigenvalue weighted by atomic mass is 9.68. The minimum atomic E-state index is -5.22. The van der Waals surface area contributed by atoms with Crippen molar-refractivity contribution in [1.29, 1.82) is 0 Å². The summed E-state index contributed by atoms with van der Waals surface area (Å²) in [6.45, 7) is 4.25. The van der Waals surface area contributed by atoms with Crippen molar-refractivity contribution in [3.63, 3.8) is 0 Å². The zero-order valence-electron chi connectivity index (χ0n) is 14.7. The molecule has 3 atom stereocenters. The molecular formula is C19H21F4NO2. The maximum Gasteiger partial charge on any atom is 0.427 e. The molecule has 3 nitrogen and oxygen atoms in total. The maximum absolute atomic E-state index is 15.4. The van der Waals surface area contributed by atoms with Gasteiger partial charge in [-0.1, -0.05) is 35.9 Å². The Bertz CT molecular complexity index is 782. The van der Waals surface area contributed by atoms with E-state index in [1.807, 2.05) is 0 Å². The van der Waals surface area contributed by atoms with Gasteiger partial charge in [-0.15, -0.1) is 0 Å². The predicted octanol–water partition coefficient (Wildman–Crippen LogP) is 4.42. The number of rotatable bonds is 4. The molecule has 1 aliphatic rings. The molecule has 2 rings (SSSR count). The maximum atomic E-state index is 15.4. The van der Waals surface area contributed by atoms with Crippen LogP contribution in [0.3, 0.4) is 0 Å². The van der Waals surface area contributed by atoms with Crippen LogP contribution in [0.2, 0.25) is 0 Å². The van der Waals surface area contributed by atoms with Gasteiger partial charge < -0.3 is 10.8 Å². The molecule has 1 aliphatic carbocycles. The van der Waals surface area contributed by atoms with Gasteiger partial charge in [0, 0.05) is 12.0 Å². The number of nitrogens with two attached hydrogens (primary N) is 1. The first-order valence-electron chi connectivity index (χ1n) is 8.09. The fourth-order valence-corrected chi connectivity index (χ4v) is 3.65. The summed E-state index contributed by atoms with van der Waals surface area (Å²) in [6, 6.07) is 5.53. The summed E-state index contributed by atoms with van der Waals surface area (Å²) in [7, 11) is 0. The highest BCUT2D eigenvalue weighted by atomic mass is 19.4. The standard InChI is InChI=1S/C19H21F4NO2/c1-10-6-4-5-7-13(10)14-8-11(2)18(20,19(21,22)23)17(12(14)3)15(24)9-16(25)26/h4-8,15,17H,9,24H2,1-3H3,(H,25,26). The largest absolute Gasteiger partial charge is 0.481 e. The Hall–Kier alpha value is -2.15. The summed E-state index contributed by atoms with van der Waals surface area (Å²) < 4.78 is 56.4. The number of carboxylic acid groups (broad SMARTS) is 1. The monoisotopic (exact) mass is 371 g/mol. The van der Waals surface area contributed by atoms with Crippen LogP contribution in [-0.4, -0.2) is 29.0 Å². The van der Waals surface area contributed by atoms with Crippen LogP contribution in [0.25, 0.3) is 5.57 Å². The van der Waals surface area contributed by atoms with Crippen molar-refractivity contribution in [3.05, 3.63) is 52.6 Å². The van der Waals surface area contributed by atoms with Crippen LogP contribution in [-0.2, 0) is 4.79 Å². The second-order valence-electron chi connectivity index (χ2n) is 6.69. The Labute approximate surface area is 149 Å². The Morgan fingerprint density at radius 1 is 1.27 bits per heavy atom. The lowest BCUT2D eigenvalue weighted by Crippen LogP contribution is -2.56. The van der Waals surface area contributed by atoms with Crippen molar-refractivity contribution in [2.75, 3.05) is 0 Å². The molecular weight excluding hydrogens is 350 g/mol. The topological polar surface area (TPSA) is 63.3 Å². The first kappa shape index (κ1) is 20.2. The lowest BCUT2D eigenvalue weighted by molar-refractivity contribution is -0.232. The van der Waals surface area contributed by atoms with Crippen LogP contribution in [0.5, 0.6) is 0 Å². The van der Waals surface area contributed by atoms with E-state index in [4.69, 9.17) is 10.8 Å². The van der Waals surface area contributed by atoms with E-state index < -0.39 is 41.8 Å². The van der Waals surface area contributed by atoms with Gasteiger partial charge in [0.1, 0.15) is 0 Å². The average molecular weight is 371 g/mol. The SMILES string of the molecule is CC1=CC(c2ccccc2C)=C(C)C(C(N)CC(=O)O)C1(F)C(F)(F)F. The van der Waals surface area contributed by atoms with Crippen LogP contribution in [0, 0.1) is 12.8 Å². The van der Waals surface area contributed by atoms with Gasteiger partial charge in [-0.3, -0.25) is 4.79 Å². The number of hydrogen-bond acceptors (Lipinski definition) is 2. The Kier molecular flexibility index (Phi) is 5.33. The van der Waals surface area contributed by atoms with E-state index in [1.165, 1.54) is 13.0 Å². The summed E-state index contributed by atoms with van der Waals surface area (Å²) in [5, 5.41) is 8.95. The Morgan fingerprint density at radius 2 is 1.85 bits per heavy atom. The van der Waals surface area contributed by atoms with Crippen LogP contribution >= 0.6 is 0 Å². The van der Waals surface area contributed by atoms with Crippen LogP contribution in [0.15, 0.2) is 41.5 Å². The number of benzene rings is 1. The minimum Gasteiger partial charge on any atom is -0.481 e. The molecule has 0 spiro atoms. The molecule has 0 saturated heterocycles. The zero-order chi connectivity index (χ0) is 19.9. The Balaban J connectivity index is 2.72. The van der Waals surface area contributed by atoms with E-state index in [1.54, 1.807) is 31.2 Å². The van der Waals surface area contributed by atoms with Crippen molar-refractivity contribution in [2.24, 2.45) is 11.7 Å². The lowest BCUT2D eigenvalue weighted by Gasteiger charge is -2.43. The van der Waals surface area contributed by atoms with Crippen molar-refractivity contribution in [3.8, 4) is 0 Å². The number of allylic oxidation sites excluding steroid dienone is 3. The van der Waals surface area contributed by atoms with Crippen molar-refractivity contribution in [2.45, 2.75) is 45.1 Å². The molecule has 3 N–H and O–H groups in total. The molecule has 0 aliphatic heterocycles. The van der Waals surface area contributed by atoms with Gasteiger partial charge in [-0.2, -0.15) is 13.2 Å². The molecule has 7 heteroatoms. The molecule has 3 unspecified atom stereocenters. The number of alkyl halides is 4. The first-order valence-corrected chi connectivity index (χ1v) is 8.09. The van der Waals surface area contributed by atoms with E-state index >= 15 is 4.39 Å². The summed E-state index contributed by atoms with van der Waals surface area (Å²) in [5.74, 6) is -3.20. The van der Waals surface area contributed by atoms with Gasteiger partial charge in [0.15, 0.2) is 0 Å². The fourth-order valence-electron chi connectivity index (χ4n) is 3.65. The molecule has 0 bridgehead atoms. The number of carbonyl (C=O) groups is 1. The normalized spacial score (nSPS) is 25.1. The third kappa shape index (κ3) is 3.28. The summed E-state index contributed by atoms with van der Waals surface area (Å²) in [4.78, 5) is 11.0. The molecule has 0 saturated carbocycles. The molecule has 0 radical (unpaired) electrons. The highest BCUT2D eigenvalue weighted by Crippen LogP contribution is 2.53. The van der Waals surface area contributed by atoms with Crippen molar-refractivity contribution in [1.82, 2.24) is 0 Å². The smallest absolute Gasteiger partial charge is 0.427 e. The van der Waals surface area contributed by atoms with Gasteiger partial charge in [0.25, 0.3) is 0 Å². The third-order valence-corrected chi connectivity index (χ3v) is 4.94. The number of aryl methyl sites for hydroxylation is 1. The van der Waals surface area contributed by atoms with E-state index in [2.05, 4.69) is 0 Å². The molecule has 0 heterocycles. The predicted molar refractivity (Wildman–Crippen MR) is 91.1 cm³/mol. The molecule has 26 heavy (non-hydrogen) atoms. The van der Waals surface area contributed by atoms with Gasteiger partial charge in [0.05, 0.1) is 6.42 Å². The van der Waals surface area contributed by atoms with E-state index in [9.17, 15) is 18.0 Å². The molecule has 0 fully saturated rings. The van der Waals surface area contributed by atoms with Crippen LogP contribution < -0.4 is 5.73 Å². The number of halogens is 4. The second-order valence-corrected chi connectivity index (χ2v) is 6.69. The quantitative estimate of drug-likeness (QED) is 0.771. The number of aliphatic carboxylic acids is 1. The van der Waals surface area contributed by atoms with E-state index in [0.29, 0.717) is 11.1 Å². The van der Waals surface area contributed by atoms with Crippen LogP contribution in [0.1, 0.15) is 31.4 Å². The van der Waals surface area contributed by atoms with Crippen molar-refractivity contribution < 1.29 is 27.5 Å². The van der Waals surface area contributed by atoms with E-state index in [0.717, 1.165) is 12.5 Å². The second kappa shape index (κ2) is 6.87. The van der Waals surface area contributed by atoms with Gasteiger partial charge in [-0.05, 0) is 43.0 Å². The number of hydrogen-bond donors (Lipinski definition) is 2.